The third-order valence-electron chi connectivity index (χ3n) is 3.42. The maximum absolute atomic E-state index is 12.2. The van der Waals surface area contributed by atoms with Gasteiger partial charge in [-0.05, 0) is 29.7 Å². The lowest BCUT2D eigenvalue weighted by Crippen LogP contribution is -2.14. The van der Waals surface area contributed by atoms with Crippen LogP contribution in [0, 0.1) is 0 Å². The fourth-order valence-corrected chi connectivity index (χ4v) is 3.56. The molecule has 3 nitrogen and oxygen atoms in total. The van der Waals surface area contributed by atoms with E-state index in [0.29, 0.717) is 11.4 Å². The van der Waals surface area contributed by atoms with Gasteiger partial charge in [0.25, 0.3) is 0 Å². The number of nitrogens with two attached hydrogens (primary N) is 1. The van der Waals surface area contributed by atoms with E-state index in [9.17, 15) is 4.79 Å². The largest absolute Gasteiger partial charge is 0.398 e. The quantitative estimate of drug-likeness (QED) is 0.494. The van der Waals surface area contributed by atoms with Crippen LogP contribution in [0.3, 0.4) is 0 Å². The average molecular weight is 387 g/mol. The van der Waals surface area contributed by atoms with Crippen LogP contribution >= 0.6 is 27.7 Å². The number of hydrogen-bond acceptors (Lipinski definition) is 3. The fraction of sp³-hybridized carbons (Fsp3) is 0.0556. The monoisotopic (exact) mass is 386 g/mol. The average Bonchev–Trinajstić information content (AvgIpc) is 2.57. The van der Waals surface area contributed by atoms with Crippen LogP contribution in [-0.2, 0) is 4.79 Å². The molecule has 1 amide bonds. The Kier molecular flexibility index (Phi) is 4.88. The Labute approximate surface area is 147 Å². The van der Waals surface area contributed by atoms with Gasteiger partial charge in [0.15, 0.2) is 0 Å². The number of nitrogens with one attached hydrogen (secondary N) is 1. The van der Waals surface area contributed by atoms with Gasteiger partial charge >= 0.3 is 0 Å². The van der Waals surface area contributed by atoms with Crippen molar-refractivity contribution in [1.82, 2.24) is 0 Å². The molecule has 0 radical (unpaired) electrons. The number of rotatable bonds is 4. The highest BCUT2D eigenvalue weighted by Gasteiger charge is 2.09. The van der Waals surface area contributed by atoms with E-state index in [1.165, 1.54) is 11.8 Å². The van der Waals surface area contributed by atoms with Gasteiger partial charge in [0.2, 0.25) is 5.91 Å². The lowest BCUT2D eigenvalue weighted by Gasteiger charge is -2.10. The summed E-state index contributed by atoms with van der Waals surface area (Å²) >= 11 is 4.97. The normalized spacial score (nSPS) is 10.7. The van der Waals surface area contributed by atoms with Crippen LogP contribution in [0.5, 0.6) is 0 Å². The predicted octanol–water partition coefficient (Wildman–Crippen LogP) is 4.92. The minimum Gasteiger partial charge on any atom is -0.398 e. The SMILES string of the molecule is Nc1ccccc1SCC(=O)Nc1ccc(Br)c2ccccc12. The van der Waals surface area contributed by atoms with E-state index in [-0.39, 0.29) is 5.91 Å². The molecule has 0 aliphatic rings. The summed E-state index contributed by atoms with van der Waals surface area (Å²) < 4.78 is 1.01. The van der Waals surface area contributed by atoms with Crippen molar-refractivity contribution in [2.45, 2.75) is 4.90 Å². The maximum atomic E-state index is 12.2. The van der Waals surface area contributed by atoms with Crippen molar-refractivity contribution in [3.05, 3.63) is 65.1 Å². The molecule has 0 saturated carbocycles. The summed E-state index contributed by atoms with van der Waals surface area (Å²) in [5, 5.41) is 5.07. The fourth-order valence-electron chi connectivity index (χ4n) is 2.31. The zero-order chi connectivity index (χ0) is 16.2. The van der Waals surface area contributed by atoms with Gasteiger partial charge in [0.05, 0.1) is 5.75 Å². The standard InChI is InChI=1S/C18H15BrN2OS/c19-14-9-10-16(13-6-2-1-5-12(13)14)21-18(22)11-23-17-8-4-3-7-15(17)20/h1-10H,11,20H2,(H,21,22). The molecular weight excluding hydrogens is 372 g/mol. The van der Waals surface area contributed by atoms with Gasteiger partial charge in [0, 0.05) is 26.1 Å². The molecule has 0 fully saturated rings. The second-order valence-electron chi connectivity index (χ2n) is 5.02. The summed E-state index contributed by atoms with van der Waals surface area (Å²) in [6, 6.07) is 19.4. The van der Waals surface area contributed by atoms with Gasteiger partial charge in [0.1, 0.15) is 0 Å². The Morgan fingerprint density at radius 2 is 1.70 bits per heavy atom. The molecule has 0 aliphatic heterocycles. The highest BCUT2D eigenvalue weighted by atomic mass is 79.9. The lowest BCUT2D eigenvalue weighted by atomic mass is 10.1. The van der Waals surface area contributed by atoms with E-state index in [4.69, 9.17) is 5.73 Å². The molecule has 5 heteroatoms. The van der Waals surface area contributed by atoms with Crippen molar-refractivity contribution in [1.29, 1.82) is 0 Å². The van der Waals surface area contributed by atoms with Gasteiger partial charge in [-0.1, -0.05) is 52.3 Å². The Balaban J connectivity index is 1.74. The Hall–Kier alpha value is -1.98. The number of amides is 1. The number of benzene rings is 3. The summed E-state index contributed by atoms with van der Waals surface area (Å²) in [5.74, 6) is 0.268. The van der Waals surface area contributed by atoms with Gasteiger partial charge in [-0.2, -0.15) is 0 Å². The van der Waals surface area contributed by atoms with Crippen molar-refractivity contribution < 1.29 is 4.79 Å². The molecule has 3 aromatic rings. The number of hydrogen-bond donors (Lipinski definition) is 2. The minimum absolute atomic E-state index is 0.0503. The molecule has 3 aromatic carbocycles. The van der Waals surface area contributed by atoms with E-state index in [0.717, 1.165) is 25.8 Å². The van der Waals surface area contributed by atoms with Crippen LogP contribution in [0.25, 0.3) is 10.8 Å². The number of fused-ring (bicyclic) bond motifs is 1. The summed E-state index contributed by atoms with van der Waals surface area (Å²) in [6.07, 6.45) is 0. The molecule has 0 saturated heterocycles. The first-order chi connectivity index (χ1) is 11.1. The van der Waals surface area contributed by atoms with Crippen molar-refractivity contribution in [3.63, 3.8) is 0 Å². The van der Waals surface area contributed by atoms with Crippen LogP contribution < -0.4 is 11.1 Å². The zero-order valence-electron chi connectivity index (χ0n) is 12.3. The van der Waals surface area contributed by atoms with Crippen molar-refractivity contribution in [2.75, 3.05) is 16.8 Å². The molecule has 0 spiro atoms. The van der Waals surface area contributed by atoms with Crippen LogP contribution in [0.15, 0.2) is 70.0 Å². The number of para-hydroxylation sites is 1. The smallest absolute Gasteiger partial charge is 0.234 e. The van der Waals surface area contributed by atoms with Gasteiger partial charge < -0.3 is 11.1 Å². The Bertz CT molecular complexity index is 867. The molecule has 0 aromatic heterocycles. The zero-order valence-corrected chi connectivity index (χ0v) is 14.7. The van der Waals surface area contributed by atoms with Crippen molar-refractivity contribution in [2.24, 2.45) is 0 Å². The van der Waals surface area contributed by atoms with Gasteiger partial charge in [-0.25, -0.2) is 0 Å². The van der Waals surface area contributed by atoms with Crippen LogP contribution in [0.1, 0.15) is 0 Å². The first-order valence-corrected chi connectivity index (χ1v) is 8.87. The molecule has 0 unspecified atom stereocenters. The number of carbonyl (C=O) groups excluding carboxylic acids is 1. The van der Waals surface area contributed by atoms with E-state index in [1.54, 1.807) is 0 Å². The van der Waals surface area contributed by atoms with Crippen molar-refractivity contribution >= 4 is 55.7 Å². The maximum Gasteiger partial charge on any atom is 0.234 e. The van der Waals surface area contributed by atoms with Crippen LogP contribution in [-0.4, -0.2) is 11.7 Å². The summed E-state index contributed by atoms with van der Waals surface area (Å²) in [7, 11) is 0. The minimum atomic E-state index is -0.0503. The van der Waals surface area contributed by atoms with Crippen LogP contribution in [0.4, 0.5) is 11.4 Å². The van der Waals surface area contributed by atoms with E-state index in [2.05, 4.69) is 21.2 Å². The molecule has 3 rings (SSSR count). The molecular formula is C18H15BrN2OS. The Morgan fingerprint density at radius 1 is 1.00 bits per heavy atom. The second-order valence-corrected chi connectivity index (χ2v) is 6.89. The molecule has 23 heavy (non-hydrogen) atoms. The number of nitrogen functional groups attached to an aromatic ring is 1. The third kappa shape index (κ3) is 3.68. The highest BCUT2D eigenvalue weighted by molar-refractivity contribution is 9.10. The number of halogens is 1. The van der Waals surface area contributed by atoms with Crippen LogP contribution in [0.2, 0.25) is 0 Å². The number of carbonyl (C=O) groups is 1. The van der Waals surface area contributed by atoms with Gasteiger partial charge in [-0.15, -0.1) is 11.8 Å². The Morgan fingerprint density at radius 3 is 2.48 bits per heavy atom. The van der Waals surface area contributed by atoms with Gasteiger partial charge in [-0.3, -0.25) is 4.79 Å². The van der Waals surface area contributed by atoms with E-state index < -0.39 is 0 Å². The molecule has 0 bridgehead atoms. The van der Waals surface area contributed by atoms with E-state index in [1.807, 2.05) is 60.7 Å². The first-order valence-electron chi connectivity index (χ1n) is 7.09. The number of anilines is 2. The molecule has 0 heterocycles. The topological polar surface area (TPSA) is 55.1 Å². The summed E-state index contributed by atoms with van der Waals surface area (Å²) in [5.41, 5.74) is 7.40. The molecule has 116 valence electrons. The molecule has 3 N–H and O–H groups in total. The summed E-state index contributed by atoms with van der Waals surface area (Å²) in [4.78, 5) is 13.2. The summed E-state index contributed by atoms with van der Waals surface area (Å²) in [6.45, 7) is 0. The van der Waals surface area contributed by atoms with Crippen molar-refractivity contribution in [3.8, 4) is 0 Å². The third-order valence-corrected chi connectivity index (χ3v) is 5.20. The lowest BCUT2D eigenvalue weighted by molar-refractivity contribution is -0.113. The molecule has 0 aliphatic carbocycles. The van der Waals surface area contributed by atoms with E-state index >= 15 is 0 Å². The second kappa shape index (κ2) is 7.06. The number of thioether (sulfide) groups is 1. The molecule has 0 atom stereocenters. The first kappa shape index (κ1) is 15.9. The predicted molar refractivity (Wildman–Crippen MR) is 102 cm³/mol. The highest BCUT2D eigenvalue weighted by Crippen LogP contribution is 2.30.